The van der Waals surface area contributed by atoms with Crippen molar-refractivity contribution in [3.63, 3.8) is 0 Å². The third-order valence-electron chi connectivity index (χ3n) is 6.85. The van der Waals surface area contributed by atoms with E-state index < -0.39 is 0 Å². The number of anilines is 2. The van der Waals surface area contributed by atoms with E-state index in [4.69, 9.17) is 10.5 Å². The molecule has 0 radical (unpaired) electrons. The van der Waals surface area contributed by atoms with Gasteiger partial charge in [0.15, 0.2) is 0 Å². The Kier molecular flexibility index (Phi) is 9.51. The van der Waals surface area contributed by atoms with Crippen LogP contribution in [-0.2, 0) is 28.9 Å². The van der Waals surface area contributed by atoms with Crippen molar-refractivity contribution in [1.82, 2.24) is 4.90 Å². The minimum absolute atomic E-state index is 0.620. The van der Waals surface area contributed by atoms with Crippen molar-refractivity contribution in [3.05, 3.63) is 70.3 Å². The second-order valence-corrected chi connectivity index (χ2v) is 10.4. The van der Waals surface area contributed by atoms with Crippen LogP contribution < -0.4 is 15.5 Å². The van der Waals surface area contributed by atoms with Gasteiger partial charge in [-0.05, 0) is 53.8 Å². The number of thioether (sulfide) groups is 1. The van der Waals surface area contributed by atoms with Gasteiger partial charge in [0, 0.05) is 81.0 Å². The molecule has 6 nitrogen and oxygen atoms in total. The van der Waals surface area contributed by atoms with Crippen LogP contribution in [0.3, 0.4) is 0 Å². The zero-order valence-corrected chi connectivity index (χ0v) is 21.6. The first kappa shape index (κ1) is 25.6. The number of carbonyl (C=O) groups is 1. The summed E-state index contributed by atoms with van der Waals surface area (Å²) in [6.07, 6.45) is 6.23. The summed E-state index contributed by atoms with van der Waals surface area (Å²) in [5.74, 6) is 0.938. The predicted molar refractivity (Wildman–Crippen MR) is 147 cm³/mol. The minimum atomic E-state index is 0.620. The Morgan fingerprint density at radius 1 is 1.11 bits per heavy atom. The van der Waals surface area contributed by atoms with E-state index in [2.05, 4.69) is 64.2 Å². The van der Waals surface area contributed by atoms with Crippen LogP contribution in [0.15, 0.2) is 53.6 Å². The molecule has 0 saturated carbocycles. The van der Waals surface area contributed by atoms with E-state index in [9.17, 15) is 4.79 Å². The Morgan fingerprint density at radius 2 is 1.91 bits per heavy atom. The summed E-state index contributed by atoms with van der Waals surface area (Å²) in [5.41, 5.74) is 12.7. The van der Waals surface area contributed by atoms with Crippen LogP contribution in [0.4, 0.5) is 11.4 Å². The predicted octanol–water partition coefficient (Wildman–Crippen LogP) is 4.03. The number of unbranched alkanes of at least 4 members (excludes halogenated alkanes) is 1. The number of allylic oxidation sites excluding steroid dienone is 1. The van der Waals surface area contributed by atoms with E-state index in [1.165, 1.54) is 33.0 Å². The molecule has 1 saturated heterocycles. The summed E-state index contributed by atoms with van der Waals surface area (Å²) in [4.78, 5) is 19.0. The molecule has 35 heavy (non-hydrogen) atoms. The first-order valence-electron chi connectivity index (χ1n) is 12.6. The normalized spacial score (nSPS) is 16.7. The number of carbonyl (C=O) groups excluding carboxylic acids is 1. The summed E-state index contributed by atoms with van der Waals surface area (Å²) in [7, 11) is 2.11. The number of hydrogen-bond donors (Lipinski definition) is 1. The van der Waals surface area contributed by atoms with Crippen molar-refractivity contribution in [2.45, 2.75) is 32.2 Å². The molecule has 2 heterocycles. The van der Waals surface area contributed by atoms with Gasteiger partial charge in [-0.15, -0.1) is 11.8 Å². The van der Waals surface area contributed by atoms with Gasteiger partial charge in [-0.2, -0.15) is 0 Å². The fraction of sp³-hybridized carbons (Fsp3) is 0.464. The van der Waals surface area contributed by atoms with Crippen LogP contribution >= 0.6 is 11.8 Å². The number of fused-ring (bicyclic) bond motifs is 1. The number of aldehydes is 1. The van der Waals surface area contributed by atoms with E-state index in [-0.39, 0.29) is 0 Å². The van der Waals surface area contributed by atoms with E-state index in [1.807, 2.05) is 11.8 Å². The Balaban J connectivity index is 1.28. The molecule has 0 bridgehead atoms. The molecule has 0 unspecified atom stereocenters. The van der Waals surface area contributed by atoms with Crippen LogP contribution in [0.5, 0.6) is 0 Å². The fourth-order valence-corrected chi connectivity index (χ4v) is 5.60. The number of rotatable bonds is 11. The minimum Gasteiger partial charge on any atom is -0.404 e. The highest BCUT2D eigenvalue weighted by Gasteiger charge is 2.18. The van der Waals surface area contributed by atoms with Gasteiger partial charge in [-0.1, -0.05) is 18.2 Å². The molecular weight excluding hydrogens is 456 g/mol. The third kappa shape index (κ3) is 7.26. The summed E-state index contributed by atoms with van der Waals surface area (Å²) < 4.78 is 5.46. The van der Waals surface area contributed by atoms with Crippen molar-refractivity contribution in [2.75, 3.05) is 62.1 Å². The highest BCUT2D eigenvalue weighted by atomic mass is 32.2. The molecule has 188 valence electrons. The first-order chi connectivity index (χ1) is 17.2. The maximum atomic E-state index is 10.6. The van der Waals surface area contributed by atoms with Crippen molar-refractivity contribution in [2.24, 2.45) is 5.73 Å². The molecule has 4 rings (SSSR count). The summed E-state index contributed by atoms with van der Waals surface area (Å²) >= 11 is 1.85. The van der Waals surface area contributed by atoms with Crippen LogP contribution in [0, 0.1) is 0 Å². The molecule has 2 aromatic rings. The van der Waals surface area contributed by atoms with Crippen molar-refractivity contribution >= 4 is 29.4 Å². The number of nitrogens with two attached hydrogens (primary N) is 1. The number of morpholine rings is 1. The Morgan fingerprint density at radius 3 is 2.66 bits per heavy atom. The fourth-order valence-electron chi connectivity index (χ4n) is 4.67. The molecule has 2 aliphatic rings. The second-order valence-electron chi connectivity index (χ2n) is 9.34. The molecule has 0 amide bonds. The molecule has 0 spiro atoms. The quantitative estimate of drug-likeness (QED) is 0.374. The van der Waals surface area contributed by atoms with Crippen molar-refractivity contribution in [1.29, 1.82) is 0 Å². The molecule has 0 aromatic heterocycles. The lowest BCUT2D eigenvalue weighted by Gasteiger charge is -2.30. The number of ether oxygens (including phenoxy) is 1. The number of hydrogen-bond acceptors (Lipinski definition) is 7. The van der Waals surface area contributed by atoms with Crippen molar-refractivity contribution in [3.8, 4) is 0 Å². The molecule has 2 aliphatic heterocycles. The summed E-state index contributed by atoms with van der Waals surface area (Å²) in [6.45, 7) is 6.46. The lowest BCUT2D eigenvalue weighted by atomic mass is 9.99. The zero-order chi connectivity index (χ0) is 24.5. The van der Waals surface area contributed by atoms with Crippen LogP contribution in [-0.4, -0.2) is 63.5 Å². The molecule has 7 heteroatoms. The molecule has 2 N–H and O–H groups in total. The molecular formula is C28H38N4O2S. The molecule has 0 aliphatic carbocycles. The topological polar surface area (TPSA) is 62.0 Å². The van der Waals surface area contributed by atoms with Gasteiger partial charge in [-0.3, -0.25) is 4.90 Å². The number of nitrogens with zero attached hydrogens (tertiary/aromatic N) is 3. The smallest absolute Gasteiger partial charge is 0.120 e. The zero-order valence-electron chi connectivity index (χ0n) is 20.8. The lowest BCUT2D eigenvalue weighted by molar-refractivity contribution is -0.107. The Hall–Kier alpha value is -2.48. The standard InChI is InChI=1S/C28H38N4O2S/c1-30(11-2-3-15-33)27-9-6-24-10-12-31(21-25(24)19-27)22-35-28(20-29)18-23-4-7-26(8-5-23)32-13-16-34-17-14-32/h4-9,15,19-20H,2-3,10-14,16-18,21-22,29H2,1H3/b28-20-. The van der Waals surface area contributed by atoms with Gasteiger partial charge in [0.2, 0.25) is 0 Å². The highest BCUT2D eigenvalue weighted by Crippen LogP contribution is 2.28. The van der Waals surface area contributed by atoms with Crippen LogP contribution in [0.25, 0.3) is 0 Å². The van der Waals surface area contributed by atoms with E-state index in [0.29, 0.717) is 6.42 Å². The average Bonchev–Trinajstić information content (AvgIpc) is 2.91. The molecule has 2 aromatic carbocycles. The van der Waals surface area contributed by atoms with Gasteiger partial charge in [0.05, 0.1) is 13.2 Å². The highest BCUT2D eigenvalue weighted by molar-refractivity contribution is 8.03. The monoisotopic (exact) mass is 494 g/mol. The van der Waals surface area contributed by atoms with Crippen LogP contribution in [0.2, 0.25) is 0 Å². The van der Waals surface area contributed by atoms with E-state index in [0.717, 1.165) is 77.4 Å². The van der Waals surface area contributed by atoms with E-state index in [1.54, 1.807) is 6.20 Å². The van der Waals surface area contributed by atoms with Gasteiger partial charge in [0.25, 0.3) is 0 Å². The van der Waals surface area contributed by atoms with Gasteiger partial charge >= 0.3 is 0 Å². The van der Waals surface area contributed by atoms with E-state index >= 15 is 0 Å². The van der Waals surface area contributed by atoms with Crippen molar-refractivity contribution < 1.29 is 9.53 Å². The number of benzene rings is 2. The Labute approximate surface area is 214 Å². The summed E-state index contributed by atoms with van der Waals surface area (Å²) in [6, 6.07) is 15.7. The SMILES string of the molecule is CN(CCCC=O)c1ccc2c(c1)CN(CS/C(=C\N)Cc1ccc(N3CCOCC3)cc1)CC2. The molecule has 0 atom stereocenters. The third-order valence-corrected chi connectivity index (χ3v) is 7.99. The second kappa shape index (κ2) is 13.0. The summed E-state index contributed by atoms with van der Waals surface area (Å²) in [5, 5.41) is 0. The van der Waals surface area contributed by atoms with Gasteiger partial charge in [-0.25, -0.2) is 0 Å². The van der Waals surface area contributed by atoms with Gasteiger partial charge in [0.1, 0.15) is 6.29 Å². The maximum absolute atomic E-state index is 10.6. The molecule has 1 fully saturated rings. The largest absolute Gasteiger partial charge is 0.404 e. The lowest BCUT2D eigenvalue weighted by Crippen LogP contribution is -2.36. The van der Waals surface area contributed by atoms with Crippen LogP contribution in [0.1, 0.15) is 29.5 Å². The van der Waals surface area contributed by atoms with Gasteiger partial charge < -0.3 is 25.1 Å². The first-order valence-corrected chi connectivity index (χ1v) is 13.6. The maximum Gasteiger partial charge on any atom is 0.120 e. The average molecular weight is 495 g/mol. The Bertz CT molecular complexity index is 989.